The van der Waals surface area contributed by atoms with Gasteiger partial charge in [0.15, 0.2) is 0 Å². The lowest BCUT2D eigenvalue weighted by molar-refractivity contribution is 0.683. The summed E-state index contributed by atoms with van der Waals surface area (Å²) < 4.78 is 20.5. The Hall–Kier alpha value is 0.880. The highest BCUT2D eigenvalue weighted by molar-refractivity contribution is 8.08. The van der Waals surface area contributed by atoms with Crippen molar-refractivity contribution in [2.45, 2.75) is 12.8 Å². The van der Waals surface area contributed by atoms with Crippen LogP contribution in [0.25, 0.3) is 0 Å². The normalized spacial score (nSPS) is 16.6. The monoisotopic (exact) mass is 222 g/mol. The van der Waals surface area contributed by atoms with Gasteiger partial charge in [0.2, 0.25) is 0 Å². The van der Waals surface area contributed by atoms with Crippen LogP contribution in [0.2, 0.25) is 0 Å². The van der Waals surface area contributed by atoms with Gasteiger partial charge in [0.25, 0.3) is 0 Å². The van der Waals surface area contributed by atoms with E-state index in [1.54, 1.807) is 0 Å². The summed E-state index contributed by atoms with van der Waals surface area (Å²) in [6.07, 6.45) is 1.43. The highest BCUT2D eigenvalue weighted by atomic mass is 35.7. The first-order chi connectivity index (χ1) is 4.63. The zero-order valence-corrected chi connectivity index (χ0v) is 8.36. The lowest BCUT2D eigenvalue weighted by Gasteiger charge is -1.92. The number of unbranched alkanes of at least 4 members (excludes halogenated alkanes) is 1. The van der Waals surface area contributed by atoms with Crippen LogP contribution < -0.4 is 0 Å². The predicted octanol–water partition coefficient (Wildman–Crippen LogP) is 1.57. The van der Waals surface area contributed by atoms with Gasteiger partial charge in [0.1, 0.15) is 20.0 Å². The minimum atomic E-state index is -1.25. The van der Waals surface area contributed by atoms with Gasteiger partial charge < -0.3 is 0 Å². The lowest BCUT2D eigenvalue weighted by atomic mass is 10.4. The average Bonchev–Trinajstić information content (AvgIpc) is 1.79. The van der Waals surface area contributed by atoms with Crippen LogP contribution in [0.5, 0.6) is 0 Å². The first kappa shape index (κ1) is 10.9. The van der Waals surface area contributed by atoms with E-state index in [-0.39, 0.29) is 0 Å². The van der Waals surface area contributed by atoms with Crippen molar-refractivity contribution in [3.8, 4) is 0 Å². The van der Waals surface area contributed by atoms with Crippen LogP contribution in [0.3, 0.4) is 0 Å². The molecule has 0 aliphatic carbocycles. The van der Waals surface area contributed by atoms with E-state index < -0.39 is 20.0 Å². The molecule has 0 N–H and O–H groups in total. The number of hydrogen-bond acceptors (Lipinski definition) is 2. The summed E-state index contributed by atoms with van der Waals surface area (Å²) in [5.41, 5.74) is 0. The third kappa shape index (κ3) is 8.88. The summed E-state index contributed by atoms with van der Waals surface area (Å²) in [6, 6.07) is 0. The summed E-state index contributed by atoms with van der Waals surface area (Å²) in [6.45, 7) is 0. The quantitative estimate of drug-likeness (QED) is 0.523. The molecule has 2 nitrogen and oxygen atoms in total. The van der Waals surface area contributed by atoms with Gasteiger partial charge in [-0.15, -0.1) is 0 Å². The second kappa shape index (κ2) is 6.58. The van der Waals surface area contributed by atoms with Crippen molar-refractivity contribution in [1.29, 1.82) is 0 Å². The maximum Gasteiger partial charge on any atom is 0.114 e. The molecular weight excluding hydrogens is 215 g/mol. The molecule has 0 saturated carbocycles. The van der Waals surface area contributed by atoms with Gasteiger partial charge in [-0.3, -0.25) is 0 Å². The Morgan fingerprint density at radius 2 is 1.20 bits per heavy atom. The molecule has 10 heavy (non-hydrogen) atoms. The molecule has 2 atom stereocenters. The van der Waals surface area contributed by atoms with E-state index in [1.165, 1.54) is 0 Å². The third-order valence-electron chi connectivity index (χ3n) is 0.860. The Morgan fingerprint density at radius 1 is 0.900 bits per heavy atom. The Bertz CT molecular complexity index is 123. The Balaban J connectivity index is 3.06. The molecule has 0 spiro atoms. The van der Waals surface area contributed by atoms with E-state index >= 15 is 0 Å². The Morgan fingerprint density at radius 3 is 1.40 bits per heavy atom. The van der Waals surface area contributed by atoms with Crippen LogP contribution in [-0.2, 0) is 20.0 Å². The minimum Gasteiger partial charge on any atom is -0.243 e. The number of halogens is 2. The van der Waals surface area contributed by atoms with Crippen molar-refractivity contribution in [3.05, 3.63) is 0 Å². The number of hydrogen-bond donors (Lipinski definition) is 0. The van der Waals surface area contributed by atoms with Crippen molar-refractivity contribution >= 4 is 41.4 Å². The van der Waals surface area contributed by atoms with Gasteiger partial charge in [-0.25, -0.2) is 8.42 Å². The molecule has 6 heteroatoms. The van der Waals surface area contributed by atoms with E-state index in [4.69, 9.17) is 21.4 Å². The second-order valence-electron chi connectivity index (χ2n) is 1.70. The fourth-order valence-corrected chi connectivity index (χ4v) is 1.95. The average molecular weight is 223 g/mol. The fourth-order valence-electron chi connectivity index (χ4n) is 0.431. The lowest BCUT2D eigenvalue weighted by Crippen LogP contribution is -1.93. The topological polar surface area (TPSA) is 34.1 Å². The summed E-state index contributed by atoms with van der Waals surface area (Å²) >= 11 is 0. The molecule has 2 unspecified atom stereocenters. The van der Waals surface area contributed by atoms with E-state index in [2.05, 4.69) is 0 Å². The van der Waals surface area contributed by atoms with Crippen LogP contribution in [0.1, 0.15) is 12.8 Å². The predicted molar refractivity (Wildman–Crippen MR) is 47.0 cm³/mol. The molecule has 0 aliphatic heterocycles. The maximum atomic E-state index is 10.3. The smallest absolute Gasteiger partial charge is 0.114 e. The molecule has 0 aromatic heterocycles. The fraction of sp³-hybridized carbons (Fsp3) is 1.00. The zero-order valence-electron chi connectivity index (χ0n) is 5.22. The van der Waals surface area contributed by atoms with E-state index in [9.17, 15) is 8.42 Å². The van der Waals surface area contributed by atoms with Gasteiger partial charge >= 0.3 is 0 Å². The van der Waals surface area contributed by atoms with Gasteiger partial charge in [0, 0.05) is 11.5 Å². The molecule has 0 fully saturated rings. The second-order valence-corrected chi connectivity index (χ2v) is 5.74. The van der Waals surface area contributed by atoms with Crippen LogP contribution in [-0.4, -0.2) is 19.9 Å². The Kier molecular flexibility index (Phi) is 7.16. The van der Waals surface area contributed by atoms with Crippen LogP contribution in [0.15, 0.2) is 0 Å². The molecule has 0 bridgehead atoms. The summed E-state index contributed by atoms with van der Waals surface area (Å²) in [4.78, 5) is 0. The Labute approximate surface area is 74.2 Å². The molecule has 0 rings (SSSR count). The molecule has 0 aliphatic rings. The summed E-state index contributed by atoms with van der Waals surface area (Å²) in [5, 5.41) is 0. The van der Waals surface area contributed by atoms with Crippen molar-refractivity contribution in [2.75, 3.05) is 11.5 Å². The standard InChI is InChI=1S/C4H8Cl2O2S2/c5-9(7)3-1-2-4-10(6)8/h1-4H2. The molecular formula is C4H8Cl2O2S2. The van der Waals surface area contributed by atoms with E-state index in [0.29, 0.717) is 24.3 Å². The van der Waals surface area contributed by atoms with E-state index in [0.717, 1.165) is 0 Å². The molecule has 0 aromatic carbocycles. The first-order valence-corrected chi connectivity index (χ1v) is 7.01. The van der Waals surface area contributed by atoms with Crippen LogP contribution >= 0.6 is 21.4 Å². The van der Waals surface area contributed by atoms with Gasteiger partial charge in [-0.2, -0.15) is 0 Å². The zero-order chi connectivity index (χ0) is 7.98. The van der Waals surface area contributed by atoms with Crippen molar-refractivity contribution < 1.29 is 8.42 Å². The van der Waals surface area contributed by atoms with Crippen molar-refractivity contribution in [2.24, 2.45) is 0 Å². The maximum absolute atomic E-state index is 10.3. The van der Waals surface area contributed by atoms with Crippen LogP contribution in [0, 0.1) is 0 Å². The molecule has 0 amide bonds. The SMILES string of the molecule is O=S(Cl)CCCCS(=O)Cl. The largest absolute Gasteiger partial charge is 0.243 e. The number of rotatable bonds is 5. The molecule has 0 radical (unpaired) electrons. The molecule has 62 valence electrons. The third-order valence-corrected chi connectivity index (χ3v) is 3.00. The highest BCUT2D eigenvalue weighted by Crippen LogP contribution is 1.99. The van der Waals surface area contributed by atoms with Crippen molar-refractivity contribution in [1.82, 2.24) is 0 Å². The van der Waals surface area contributed by atoms with Gasteiger partial charge in [0.05, 0.1) is 0 Å². The molecule has 0 saturated heterocycles. The summed E-state index contributed by atoms with van der Waals surface area (Å²) in [7, 11) is 7.81. The molecule has 0 aromatic rings. The van der Waals surface area contributed by atoms with Crippen LogP contribution in [0.4, 0.5) is 0 Å². The summed E-state index contributed by atoms with van der Waals surface area (Å²) in [5.74, 6) is 0.908. The highest BCUT2D eigenvalue weighted by Gasteiger charge is 1.96. The molecule has 0 heterocycles. The minimum absolute atomic E-state index is 0.454. The van der Waals surface area contributed by atoms with Gasteiger partial charge in [-0.1, -0.05) is 0 Å². The van der Waals surface area contributed by atoms with Gasteiger partial charge in [-0.05, 0) is 34.2 Å². The van der Waals surface area contributed by atoms with Crippen molar-refractivity contribution in [3.63, 3.8) is 0 Å². The first-order valence-electron chi connectivity index (χ1n) is 2.72. The van der Waals surface area contributed by atoms with E-state index in [1.807, 2.05) is 0 Å².